The van der Waals surface area contributed by atoms with Crippen molar-refractivity contribution in [3.05, 3.63) is 116 Å². The number of aromatic nitrogens is 3. The minimum Gasteiger partial charge on any atom is -0.497 e. The molecule has 0 amide bonds. The average Bonchev–Trinajstić information content (AvgIpc) is 2.85. The van der Waals surface area contributed by atoms with Gasteiger partial charge >= 0.3 is 5.69 Å². The van der Waals surface area contributed by atoms with Crippen LogP contribution in [0.2, 0.25) is 5.02 Å². The molecule has 0 aliphatic heterocycles. The van der Waals surface area contributed by atoms with E-state index in [1.807, 2.05) is 30.3 Å². The maximum Gasteiger partial charge on any atom is 0.347 e. The fourth-order valence-electron chi connectivity index (χ4n) is 3.61. The molecular weight excluding hydrogens is 459 g/mol. The number of rotatable bonds is 7. The molecule has 4 aromatic rings. The van der Waals surface area contributed by atoms with Gasteiger partial charge in [-0.1, -0.05) is 60.1 Å². The highest BCUT2D eigenvalue weighted by Gasteiger charge is 2.20. The van der Waals surface area contributed by atoms with Crippen LogP contribution in [0.4, 0.5) is 4.39 Å². The predicted molar refractivity (Wildman–Crippen MR) is 129 cm³/mol. The third-order valence-corrected chi connectivity index (χ3v) is 5.79. The lowest BCUT2D eigenvalue weighted by molar-refractivity contribution is 0.415. The molecular formula is C25H22ClFN4O3. The van der Waals surface area contributed by atoms with Gasteiger partial charge < -0.3 is 10.5 Å². The summed E-state index contributed by atoms with van der Waals surface area (Å²) in [5, 5.41) is 4.43. The summed E-state index contributed by atoms with van der Waals surface area (Å²) >= 11 is 6.18. The van der Waals surface area contributed by atoms with E-state index in [2.05, 4.69) is 5.10 Å². The molecule has 0 saturated heterocycles. The van der Waals surface area contributed by atoms with Gasteiger partial charge in [0.15, 0.2) is 5.69 Å². The highest BCUT2D eigenvalue weighted by molar-refractivity contribution is 6.31. The molecule has 1 aromatic heterocycles. The first kappa shape index (κ1) is 23.4. The second-order valence-corrected chi connectivity index (χ2v) is 8.06. The SMILES string of the molecule is COc1cccc(-c2nn(Cc3c(F)cccc3Cl)c(=O)n(CC(N)c3ccccc3)c2=O)c1. The van der Waals surface area contributed by atoms with Crippen LogP contribution < -0.4 is 21.7 Å². The fourth-order valence-corrected chi connectivity index (χ4v) is 3.83. The Bertz CT molecular complexity index is 1420. The van der Waals surface area contributed by atoms with Crippen LogP contribution in [0.25, 0.3) is 11.3 Å². The summed E-state index contributed by atoms with van der Waals surface area (Å²) in [7, 11) is 1.50. The summed E-state index contributed by atoms with van der Waals surface area (Å²) in [6.07, 6.45) is 0. The Kier molecular flexibility index (Phi) is 6.90. The number of halogens is 2. The van der Waals surface area contributed by atoms with Gasteiger partial charge in [0, 0.05) is 22.2 Å². The largest absolute Gasteiger partial charge is 0.497 e. The van der Waals surface area contributed by atoms with Crippen molar-refractivity contribution in [1.82, 2.24) is 14.3 Å². The molecule has 0 spiro atoms. The van der Waals surface area contributed by atoms with E-state index < -0.39 is 23.1 Å². The Morgan fingerprint density at radius 2 is 1.79 bits per heavy atom. The van der Waals surface area contributed by atoms with Crippen LogP contribution in [0.5, 0.6) is 5.75 Å². The van der Waals surface area contributed by atoms with Gasteiger partial charge in [0.25, 0.3) is 5.56 Å². The highest BCUT2D eigenvalue weighted by Crippen LogP contribution is 2.22. The highest BCUT2D eigenvalue weighted by atomic mass is 35.5. The van der Waals surface area contributed by atoms with E-state index >= 15 is 0 Å². The molecule has 9 heteroatoms. The fraction of sp³-hybridized carbons (Fsp3) is 0.160. The Hall–Kier alpha value is -3.75. The Morgan fingerprint density at radius 1 is 1.06 bits per heavy atom. The second-order valence-electron chi connectivity index (χ2n) is 7.65. The Balaban J connectivity index is 1.88. The van der Waals surface area contributed by atoms with Crippen molar-refractivity contribution in [2.24, 2.45) is 5.73 Å². The summed E-state index contributed by atoms with van der Waals surface area (Å²) < 4.78 is 21.8. The van der Waals surface area contributed by atoms with E-state index in [4.69, 9.17) is 22.1 Å². The van der Waals surface area contributed by atoms with Crippen molar-refractivity contribution in [2.45, 2.75) is 19.1 Å². The summed E-state index contributed by atoms with van der Waals surface area (Å²) in [5.41, 5.74) is 6.29. The van der Waals surface area contributed by atoms with E-state index in [1.54, 1.807) is 24.3 Å². The molecule has 0 aliphatic carbocycles. The van der Waals surface area contributed by atoms with Crippen molar-refractivity contribution in [1.29, 1.82) is 0 Å². The molecule has 1 unspecified atom stereocenters. The molecule has 0 radical (unpaired) electrons. The summed E-state index contributed by atoms with van der Waals surface area (Å²) in [5.74, 6) is -0.0657. The first-order chi connectivity index (χ1) is 16.4. The second kappa shape index (κ2) is 10.0. The molecule has 1 heterocycles. The number of nitrogens with zero attached hydrogens (tertiary/aromatic N) is 3. The van der Waals surface area contributed by atoms with Gasteiger partial charge in [0.05, 0.1) is 20.2 Å². The number of methoxy groups -OCH3 is 1. The average molecular weight is 481 g/mol. The van der Waals surface area contributed by atoms with Crippen molar-refractivity contribution in [2.75, 3.05) is 7.11 Å². The number of hydrogen-bond acceptors (Lipinski definition) is 5. The van der Waals surface area contributed by atoms with Gasteiger partial charge in [-0.25, -0.2) is 13.9 Å². The van der Waals surface area contributed by atoms with Crippen LogP contribution in [0.15, 0.2) is 82.4 Å². The van der Waals surface area contributed by atoms with E-state index in [1.165, 1.54) is 25.3 Å². The van der Waals surface area contributed by atoms with Crippen LogP contribution in [0.3, 0.4) is 0 Å². The molecule has 0 bridgehead atoms. The normalized spacial score (nSPS) is 11.9. The zero-order valence-electron chi connectivity index (χ0n) is 18.3. The number of benzene rings is 3. The van der Waals surface area contributed by atoms with Crippen LogP contribution in [0.1, 0.15) is 17.2 Å². The minimum absolute atomic E-state index is 0.00576. The third kappa shape index (κ3) is 4.78. The lowest BCUT2D eigenvalue weighted by Gasteiger charge is -2.17. The van der Waals surface area contributed by atoms with Gasteiger partial charge in [0.2, 0.25) is 0 Å². The van der Waals surface area contributed by atoms with E-state index in [9.17, 15) is 14.0 Å². The van der Waals surface area contributed by atoms with Crippen LogP contribution in [0, 0.1) is 5.82 Å². The van der Waals surface area contributed by atoms with Gasteiger partial charge in [-0.3, -0.25) is 9.36 Å². The molecule has 174 valence electrons. The molecule has 0 fully saturated rings. The smallest absolute Gasteiger partial charge is 0.347 e. The molecule has 0 aliphatic rings. The lowest BCUT2D eigenvalue weighted by atomic mass is 10.1. The zero-order valence-corrected chi connectivity index (χ0v) is 19.1. The van der Waals surface area contributed by atoms with Crippen molar-refractivity contribution >= 4 is 11.6 Å². The van der Waals surface area contributed by atoms with Crippen molar-refractivity contribution < 1.29 is 9.13 Å². The minimum atomic E-state index is -0.720. The maximum absolute atomic E-state index is 14.5. The Labute approximate surface area is 199 Å². The lowest BCUT2D eigenvalue weighted by Crippen LogP contribution is -2.44. The van der Waals surface area contributed by atoms with Gasteiger partial charge in [-0.15, -0.1) is 0 Å². The first-order valence-corrected chi connectivity index (χ1v) is 10.9. The zero-order chi connectivity index (χ0) is 24.2. The molecule has 2 N–H and O–H groups in total. The van der Waals surface area contributed by atoms with E-state index in [0.29, 0.717) is 11.3 Å². The Morgan fingerprint density at radius 3 is 2.50 bits per heavy atom. The quantitative estimate of drug-likeness (QED) is 0.436. The molecule has 1 atom stereocenters. The molecule has 34 heavy (non-hydrogen) atoms. The van der Waals surface area contributed by atoms with Crippen molar-refractivity contribution in [3.63, 3.8) is 0 Å². The third-order valence-electron chi connectivity index (χ3n) is 5.44. The molecule has 4 rings (SSSR count). The van der Waals surface area contributed by atoms with Gasteiger partial charge in [-0.2, -0.15) is 5.10 Å². The van der Waals surface area contributed by atoms with E-state index in [0.717, 1.165) is 14.8 Å². The first-order valence-electron chi connectivity index (χ1n) is 10.5. The van der Waals surface area contributed by atoms with Gasteiger partial charge in [0.1, 0.15) is 11.6 Å². The molecule has 3 aromatic carbocycles. The number of hydrogen-bond donors (Lipinski definition) is 1. The number of nitrogens with two attached hydrogens (primary N) is 1. The topological polar surface area (TPSA) is 92.1 Å². The maximum atomic E-state index is 14.5. The van der Waals surface area contributed by atoms with Gasteiger partial charge in [-0.05, 0) is 29.8 Å². The number of ether oxygens (including phenoxy) is 1. The monoisotopic (exact) mass is 480 g/mol. The van der Waals surface area contributed by atoms with Crippen LogP contribution in [-0.4, -0.2) is 21.5 Å². The van der Waals surface area contributed by atoms with Crippen molar-refractivity contribution in [3.8, 4) is 17.0 Å². The predicted octanol–water partition coefficient (Wildman–Crippen LogP) is 3.62. The summed E-state index contributed by atoms with van der Waals surface area (Å²) in [6.45, 7) is -0.353. The molecule has 0 saturated carbocycles. The summed E-state index contributed by atoms with van der Waals surface area (Å²) in [4.78, 5) is 26.7. The van der Waals surface area contributed by atoms with Crippen LogP contribution in [-0.2, 0) is 13.1 Å². The standard InChI is InChI=1S/C25H22ClFN4O3/c1-34-18-10-5-9-17(13-18)23-24(32)30(15-22(28)16-7-3-2-4-8-16)25(33)31(29-23)14-19-20(26)11-6-12-21(19)27/h2-13,22H,14-15,28H2,1H3. The molecule has 7 nitrogen and oxygen atoms in total. The van der Waals surface area contributed by atoms with Crippen LogP contribution >= 0.6 is 11.6 Å². The van der Waals surface area contributed by atoms with E-state index in [-0.39, 0.29) is 29.4 Å². The summed E-state index contributed by atoms with van der Waals surface area (Å²) in [6, 6.07) is 19.5.